The first-order valence-electron chi connectivity index (χ1n) is 7.50. The minimum Gasteiger partial charge on any atom is -0.450 e. The van der Waals surface area contributed by atoms with Crippen LogP contribution in [0.1, 0.15) is 31.4 Å². The summed E-state index contributed by atoms with van der Waals surface area (Å²) in [5.74, 6) is 0.374. The third kappa shape index (κ3) is 4.75. The number of ether oxygens (including phenoxy) is 1. The Hall–Kier alpha value is -0.970. The molecule has 126 valence electrons. The monoisotopic (exact) mass is 376 g/mol. The number of piperidine rings is 1. The third-order valence-electron chi connectivity index (χ3n) is 3.94. The maximum atomic E-state index is 12.2. The molecule has 1 saturated heterocycles. The molecule has 23 heavy (non-hydrogen) atoms. The van der Waals surface area contributed by atoms with Crippen LogP contribution in [-0.2, 0) is 4.74 Å². The van der Waals surface area contributed by atoms with Crippen molar-refractivity contribution in [1.82, 2.24) is 9.88 Å². The smallest absolute Gasteiger partial charge is 0.410 e. The van der Waals surface area contributed by atoms with Crippen molar-refractivity contribution in [3.63, 3.8) is 0 Å². The van der Waals surface area contributed by atoms with Crippen molar-refractivity contribution in [2.45, 2.75) is 36.1 Å². The highest BCUT2D eigenvalue weighted by Crippen LogP contribution is 2.43. The number of hydrogen-bond acceptors (Lipinski definition) is 3. The second-order valence-electron chi connectivity index (χ2n) is 5.28. The van der Waals surface area contributed by atoms with Gasteiger partial charge >= 0.3 is 6.09 Å². The summed E-state index contributed by atoms with van der Waals surface area (Å²) in [6.45, 7) is 2.26. The van der Waals surface area contributed by atoms with E-state index in [9.17, 15) is 4.79 Å². The van der Waals surface area contributed by atoms with Gasteiger partial charge in [-0.3, -0.25) is 9.88 Å². The number of hydrogen-bond donors (Lipinski definition) is 0. The molecule has 1 aromatic heterocycles. The number of carbonyl (C=O) groups excluding carboxylic acids is 1. The summed E-state index contributed by atoms with van der Waals surface area (Å²) in [5, 5.41) is 0. The van der Waals surface area contributed by atoms with E-state index in [1.54, 1.807) is 6.20 Å². The van der Waals surface area contributed by atoms with Gasteiger partial charge in [0.25, 0.3) is 0 Å². The molecule has 4 rings (SSSR count). The van der Waals surface area contributed by atoms with Crippen molar-refractivity contribution in [1.29, 1.82) is 0 Å². The number of nitrogens with zero attached hydrogens (tertiary/aromatic N) is 2. The van der Waals surface area contributed by atoms with E-state index in [2.05, 4.69) is 17.1 Å². The molecule has 1 aliphatic carbocycles. The number of pyridine rings is 1. The molecule has 1 aromatic rings. The van der Waals surface area contributed by atoms with Crippen LogP contribution < -0.4 is 0 Å². The quantitative estimate of drug-likeness (QED) is 0.543. The summed E-state index contributed by atoms with van der Waals surface area (Å²) >= 11 is 14.4. The Kier molecular flexibility index (Phi) is 7.00. The van der Waals surface area contributed by atoms with Gasteiger partial charge in [0.05, 0.1) is 18.7 Å². The van der Waals surface area contributed by atoms with Crippen LogP contribution in [-0.4, -0.2) is 32.9 Å². The van der Waals surface area contributed by atoms with E-state index >= 15 is 0 Å². The number of carbonyl (C=O) groups is 1. The number of aromatic nitrogens is 1. The van der Waals surface area contributed by atoms with Crippen molar-refractivity contribution < 1.29 is 9.53 Å². The van der Waals surface area contributed by atoms with Crippen molar-refractivity contribution in [2.24, 2.45) is 5.92 Å². The van der Waals surface area contributed by atoms with Gasteiger partial charge in [-0.1, -0.05) is 53.0 Å². The lowest BCUT2D eigenvalue weighted by atomic mass is 9.77. The van der Waals surface area contributed by atoms with Gasteiger partial charge in [-0.15, -0.1) is 0 Å². The standard InChI is InChI=1S/C15H18N2O2.CHCl3/c1-2-19-15(18)17-13-7-5-11(6-8-13)14(17)12-4-3-9-16-10-12;2-1(3)4/h3-5,7,9-11,13-14H,2,6,8H2,1H3;1H. The second-order valence-corrected chi connectivity index (χ2v) is 7.26. The summed E-state index contributed by atoms with van der Waals surface area (Å²) in [5.41, 5.74) is 1.09. The van der Waals surface area contributed by atoms with Crippen molar-refractivity contribution in [3.8, 4) is 0 Å². The average molecular weight is 378 g/mol. The highest BCUT2D eigenvalue weighted by molar-refractivity contribution is 6.63. The fraction of sp³-hybridized carbons (Fsp3) is 0.500. The minimum absolute atomic E-state index is 0.0662. The Labute approximate surface area is 151 Å². The largest absolute Gasteiger partial charge is 0.450 e. The Bertz CT molecular complexity index is 537. The summed E-state index contributed by atoms with van der Waals surface area (Å²) in [6, 6.07) is 4.19. The number of amides is 1. The van der Waals surface area contributed by atoms with Crippen LogP contribution in [0.4, 0.5) is 4.79 Å². The molecular weight excluding hydrogens is 359 g/mol. The van der Waals surface area contributed by atoms with E-state index in [4.69, 9.17) is 39.5 Å². The van der Waals surface area contributed by atoms with E-state index in [-0.39, 0.29) is 18.2 Å². The van der Waals surface area contributed by atoms with Gasteiger partial charge in [-0.05, 0) is 31.4 Å². The Morgan fingerprint density at radius 1 is 1.39 bits per heavy atom. The Balaban J connectivity index is 0.000000433. The molecular formula is C16H19Cl3N2O2. The summed E-state index contributed by atoms with van der Waals surface area (Å²) in [4.78, 5) is 18.3. The lowest BCUT2D eigenvalue weighted by Gasteiger charge is -2.47. The molecule has 7 heteroatoms. The molecule has 0 N–H and O–H groups in total. The van der Waals surface area contributed by atoms with Crippen LogP contribution in [0.3, 0.4) is 0 Å². The number of alkyl halides is 3. The molecule has 3 aliphatic rings. The van der Waals surface area contributed by atoms with Gasteiger partial charge in [-0.25, -0.2) is 4.79 Å². The van der Waals surface area contributed by atoms with Crippen molar-refractivity contribution in [3.05, 3.63) is 42.2 Å². The zero-order valence-corrected chi connectivity index (χ0v) is 15.0. The van der Waals surface area contributed by atoms with E-state index in [0.29, 0.717) is 12.5 Å². The highest BCUT2D eigenvalue weighted by atomic mass is 35.6. The zero-order valence-electron chi connectivity index (χ0n) is 12.7. The first kappa shape index (κ1) is 18.4. The van der Waals surface area contributed by atoms with Crippen LogP contribution in [0.15, 0.2) is 36.7 Å². The second kappa shape index (κ2) is 8.76. The third-order valence-corrected chi connectivity index (χ3v) is 3.94. The van der Waals surface area contributed by atoms with Gasteiger partial charge in [0.1, 0.15) is 0 Å². The van der Waals surface area contributed by atoms with E-state index in [1.165, 1.54) is 0 Å². The molecule has 0 radical (unpaired) electrons. The van der Waals surface area contributed by atoms with Gasteiger partial charge in [-0.2, -0.15) is 0 Å². The van der Waals surface area contributed by atoms with E-state index in [1.807, 2.05) is 30.2 Å². The normalized spacial score (nSPS) is 25.1. The van der Waals surface area contributed by atoms with Crippen molar-refractivity contribution in [2.75, 3.05) is 6.61 Å². The fourth-order valence-corrected chi connectivity index (χ4v) is 3.14. The van der Waals surface area contributed by atoms with Crippen LogP contribution in [0.2, 0.25) is 0 Å². The first-order chi connectivity index (χ1) is 11.0. The first-order valence-corrected chi connectivity index (χ1v) is 8.81. The molecule has 1 amide bonds. The van der Waals surface area contributed by atoms with Crippen LogP contribution in [0.25, 0.3) is 0 Å². The highest BCUT2D eigenvalue weighted by Gasteiger charge is 2.42. The molecule has 4 nitrogen and oxygen atoms in total. The van der Waals surface area contributed by atoms with Gasteiger partial charge in [0.15, 0.2) is 4.30 Å². The zero-order chi connectivity index (χ0) is 16.8. The van der Waals surface area contributed by atoms with Gasteiger partial charge in [0, 0.05) is 18.3 Å². The molecule has 2 aliphatic heterocycles. The minimum atomic E-state index is -0.750. The number of halogens is 3. The van der Waals surface area contributed by atoms with E-state index in [0.717, 1.165) is 18.4 Å². The predicted molar refractivity (Wildman–Crippen MR) is 92.8 cm³/mol. The lowest BCUT2D eigenvalue weighted by molar-refractivity contribution is 0.0386. The molecule has 3 atom stereocenters. The summed E-state index contributed by atoms with van der Waals surface area (Å²) < 4.78 is 4.47. The molecule has 2 bridgehead atoms. The molecule has 3 heterocycles. The summed E-state index contributed by atoms with van der Waals surface area (Å²) in [6.07, 6.45) is 9.92. The topological polar surface area (TPSA) is 42.4 Å². The average Bonchev–Trinajstić information content (AvgIpc) is 2.55. The number of fused-ring (bicyclic) bond motifs is 2. The maximum absolute atomic E-state index is 12.2. The van der Waals surface area contributed by atoms with Gasteiger partial charge < -0.3 is 4.74 Å². The lowest BCUT2D eigenvalue weighted by Crippen LogP contribution is -2.50. The van der Waals surface area contributed by atoms with Gasteiger partial charge in [0.2, 0.25) is 0 Å². The number of rotatable bonds is 2. The maximum Gasteiger partial charge on any atom is 0.410 e. The van der Waals surface area contributed by atoms with Crippen LogP contribution in [0.5, 0.6) is 0 Å². The van der Waals surface area contributed by atoms with Crippen molar-refractivity contribution >= 4 is 40.9 Å². The molecule has 3 unspecified atom stereocenters. The molecule has 0 aromatic carbocycles. The fourth-order valence-electron chi connectivity index (χ4n) is 3.14. The molecule has 1 fully saturated rings. The van der Waals surface area contributed by atoms with Crippen LogP contribution >= 0.6 is 34.8 Å². The Morgan fingerprint density at radius 2 is 2.13 bits per heavy atom. The predicted octanol–water partition coefficient (Wildman–Crippen LogP) is 4.92. The van der Waals surface area contributed by atoms with Crippen LogP contribution in [0, 0.1) is 5.92 Å². The molecule has 0 spiro atoms. The Morgan fingerprint density at radius 3 is 2.65 bits per heavy atom. The SMILES string of the molecule is CCOC(=O)N1C2C=CC(CC2)C1c1cccnc1.ClC(Cl)Cl. The van der Waals surface area contributed by atoms with E-state index < -0.39 is 4.30 Å². The molecule has 0 saturated carbocycles. The summed E-state index contributed by atoms with van der Waals surface area (Å²) in [7, 11) is 0.